The van der Waals surface area contributed by atoms with Gasteiger partial charge in [0.25, 0.3) is 0 Å². The summed E-state index contributed by atoms with van der Waals surface area (Å²) in [7, 11) is 1.91. The number of hydrogen-bond acceptors (Lipinski definition) is 4. The number of benzene rings is 1. The fraction of sp³-hybridized carbons (Fsp3) is 0.214. The van der Waals surface area contributed by atoms with Crippen LogP contribution in [-0.4, -0.2) is 23.3 Å². The van der Waals surface area contributed by atoms with Crippen molar-refractivity contribution in [3.05, 3.63) is 48.3 Å². The SMILES string of the molecule is CC(C=O)c1ccc(N(C)c2ncccn2)cc1. The minimum Gasteiger partial charge on any atom is -0.314 e. The molecular formula is C14H15N3O. The molecule has 0 bridgehead atoms. The highest BCUT2D eigenvalue weighted by Crippen LogP contribution is 2.22. The lowest BCUT2D eigenvalue weighted by Crippen LogP contribution is -2.12. The summed E-state index contributed by atoms with van der Waals surface area (Å²) in [6.45, 7) is 1.88. The van der Waals surface area contributed by atoms with Crippen LogP contribution in [0.15, 0.2) is 42.7 Å². The highest BCUT2D eigenvalue weighted by molar-refractivity contribution is 5.63. The number of hydrogen-bond donors (Lipinski definition) is 0. The first-order valence-electron chi connectivity index (χ1n) is 5.78. The molecule has 0 amide bonds. The van der Waals surface area contributed by atoms with E-state index in [1.807, 2.05) is 43.1 Å². The van der Waals surface area contributed by atoms with E-state index in [1.54, 1.807) is 18.5 Å². The molecule has 4 heteroatoms. The van der Waals surface area contributed by atoms with Crippen LogP contribution in [0.3, 0.4) is 0 Å². The molecule has 1 unspecified atom stereocenters. The van der Waals surface area contributed by atoms with E-state index in [0.717, 1.165) is 17.5 Å². The first-order valence-corrected chi connectivity index (χ1v) is 5.78. The third-order valence-electron chi connectivity index (χ3n) is 2.86. The number of carbonyl (C=O) groups excluding carboxylic acids is 1. The van der Waals surface area contributed by atoms with Gasteiger partial charge in [-0.3, -0.25) is 0 Å². The van der Waals surface area contributed by atoms with E-state index in [0.29, 0.717) is 5.95 Å². The zero-order valence-electron chi connectivity index (χ0n) is 10.4. The van der Waals surface area contributed by atoms with E-state index in [4.69, 9.17) is 0 Å². The molecule has 0 fully saturated rings. The first kappa shape index (κ1) is 12.2. The average molecular weight is 241 g/mol. The van der Waals surface area contributed by atoms with Crippen LogP contribution in [0, 0.1) is 0 Å². The molecule has 0 aliphatic rings. The van der Waals surface area contributed by atoms with Crippen LogP contribution >= 0.6 is 0 Å². The fourth-order valence-corrected chi connectivity index (χ4v) is 1.66. The van der Waals surface area contributed by atoms with Gasteiger partial charge in [-0.2, -0.15) is 0 Å². The maximum absolute atomic E-state index is 10.7. The number of aldehydes is 1. The molecule has 1 aromatic heterocycles. The predicted molar refractivity (Wildman–Crippen MR) is 71.0 cm³/mol. The Labute approximate surface area is 106 Å². The van der Waals surface area contributed by atoms with Gasteiger partial charge < -0.3 is 9.69 Å². The standard InChI is InChI=1S/C14H15N3O/c1-11(10-18)12-4-6-13(7-5-12)17(2)14-15-8-3-9-16-14/h3-11H,1-2H3. The highest BCUT2D eigenvalue weighted by Gasteiger charge is 2.07. The van der Waals surface area contributed by atoms with Gasteiger partial charge in [0.05, 0.1) is 0 Å². The molecule has 0 N–H and O–H groups in total. The molecule has 0 saturated heterocycles. The Morgan fingerprint density at radius 1 is 1.17 bits per heavy atom. The maximum Gasteiger partial charge on any atom is 0.229 e. The van der Waals surface area contributed by atoms with E-state index in [2.05, 4.69) is 9.97 Å². The topological polar surface area (TPSA) is 46.1 Å². The summed E-state index contributed by atoms with van der Waals surface area (Å²) in [5.74, 6) is 0.575. The van der Waals surface area contributed by atoms with E-state index in [-0.39, 0.29) is 5.92 Å². The quantitative estimate of drug-likeness (QED) is 0.772. The van der Waals surface area contributed by atoms with Crippen LogP contribution in [-0.2, 0) is 4.79 Å². The van der Waals surface area contributed by atoms with Gasteiger partial charge in [-0.05, 0) is 23.8 Å². The second-order valence-electron chi connectivity index (χ2n) is 4.12. The van der Waals surface area contributed by atoms with Gasteiger partial charge in [-0.1, -0.05) is 19.1 Å². The van der Waals surface area contributed by atoms with Crippen LogP contribution in [0.5, 0.6) is 0 Å². The Hall–Kier alpha value is -2.23. The smallest absolute Gasteiger partial charge is 0.229 e. The summed E-state index contributed by atoms with van der Waals surface area (Å²) in [6.07, 6.45) is 4.36. The third-order valence-corrected chi connectivity index (χ3v) is 2.86. The zero-order valence-corrected chi connectivity index (χ0v) is 10.4. The first-order chi connectivity index (χ1) is 8.72. The number of carbonyl (C=O) groups is 1. The van der Waals surface area contributed by atoms with Crippen LogP contribution in [0.2, 0.25) is 0 Å². The van der Waals surface area contributed by atoms with Crippen molar-refractivity contribution < 1.29 is 4.79 Å². The number of aromatic nitrogens is 2. The molecular weight excluding hydrogens is 226 g/mol. The average Bonchev–Trinajstić information content (AvgIpc) is 2.47. The van der Waals surface area contributed by atoms with Crippen molar-refractivity contribution in [3.8, 4) is 0 Å². The number of anilines is 2. The number of nitrogens with zero attached hydrogens (tertiary/aromatic N) is 3. The third kappa shape index (κ3) is 2.53. The fourth-order valence-electron chi connectivity index (χ4n) is 1.66. The normalized spacial score (nSPS) is 11.9. The second-order valence-corrected chi connectivity index (χ2v) is 4.12. The Morgan fingerprint density at radius 2 is 1.78 bits per heavy atom. The summed E-state index contributed by atoms with van der Waals surface area (Å²) in [5.41, 5.74) is 2.00. The molecule has 0 spiro atoms. The Balaban J connectivity index is 2.22. The zero-order chi connectivity index (χ0) is 13.0. The van der Waals surface area contributed by atoms with E-state index < -0.39 is 0 Å². The van der Waals surface area contributed by atoms with Crippen molar-refractivity contribution in [2.75, 3.05) is 11.9 Å². The molecule has 0 aliphatic heterocycles. The van der Waals surface area contributed by atoms with Crippen molar-refractivity contribution in [1.29, 1.82) is 0 Å². The van der Waals surface area contributed by atoms with Crippen molar-refractivity contribution in [2.45, 2.75) is 12.8 Å². The van der Waals surface area contributed by atoms with Gasteiger partial charge in [-0.15, -0.1) is 0 Å². The molecule has 1 heterocycles. The molecule has 92 valence electrons. The van der Waals surface area contributed by atoms with Crippen LogP contribution in [0.4, 0.5) is 11.6 Å². The molecule has 0 aliphatic carbocycles. The molecule has 2 aromatic rings. The second kappa shape index (κ2) is 5.40. The minimum atomic E-state index is -0.0719. The van der Waals surface area contributed by atoms with Crippen molar-refractivity contribution in [3.63, 3.8) is 0 Å². The van der Waals surface area contributed by atoms with E-state index in [1.165, 1.54) is 0 Å². The van der Waals surface area contributed by atoms with E-state index in [9.17, 15) is 4.79 Å². The molecule has 18 heavy (non-hydrogen) atoms. The lowest BCUT2D eigenvalue weighted by Gasteiger charge is -2.17. The minimum absolute atomic E-state index is 0.0719. The summed E-state index contributed by atoms with van der Waals surface area (Å²) < 4.78 is 0. The van der Waals surface area contributed by atoms with E-state index >= 15 is 0 Å². The van der Waals surface area contributed by atoms with Gasteiger partial charge in [0.2, 0.25) is 5.95 Å². The molecule has 0 saturated carbocycles. The summed E-state index contributed by atoms with van der Waals surface area (Å²) in [5, 5.41) is 0. The van der Waals surface area contributed by atoms with Gasteiger partial charge in [0.15, 0.2) is 0 Å². The lowest BCUT2D eigenvalue weighted by molar-refractivity contribution is -0.108. The van der Waals surface area contributed by atoms with Gasteiger partial charge >= 0.3 is 0 Å². The molecule has 4 nitrogen and oxygen atoms in total. The van der Waals surface area contributed by atoms with Crippen molar-refractivity contribution in [2.24, 2.45) is 0 Å². The van der Waals surface area contributed by atoms with Gasteiger partial charge in [0.1, 0.15) is 6.29 Å². The van der Waals surface area contributed by atoms with Crippen molar-refractivity contribution >= 4 is 17.9 Å². The van der Waals surface area contributed by atoms with Gasteiger partial charge in [-0.25, -0.2) is 9.97 Å². The highest BCUT2D eigenvalue weighted by atomic mass is 16.1. The summed E-state index contributed by atoms with van der Waals surface area (Å²) >= 11 is 0. The largest absolute Gasteiger partial charge is 0.314 e. The van der Waals surface area contributed by atoms with Crippen LogP contribution < -0.4 is 4.90 Å². The Morgan fingerprint density at radius 3 is 2.33 bits per heavy atom. The Kier molecular flexibility index (Phi) is 3.67. The molecule has 0 radical (unpaired) electrons. The maximum atomic E-state index is 10.7. The molecule has 1 atom stereocenters. The Bertz CT molecular complexity index is 510. The number of rotatable bonds is 4. The molecule has 2 rings (SSSR count). The van der Waals surface area contributed by atoms with Gasteiger partial charge in [0, 0.05) is 31.0 Å². The predicted octanol–water partition coefficient (Wildman–Crippen LogP) is 2.55. The van der Waals surface area contributed by atoms with Crippen LogP contribution in [0.1, 0.15) is 18.4 Å². The summed E-state index contributed by atoms with van der Waals surface area (Å²) in [6, 6.07) is 9.62. The van der Waals surface area contributed by atoms with Crippen LogP contribution in [0.25, 0.3) is 0 Å². The molecule has 1 aromatic carbocycles. The lowest BCUT2D eigenvalue weighted by atomic mass is 10.0. The van der Waals surface area contributed by atoms with Crippen molar-refractivity contribution in [1.82, 2.24) is 9.97 Å². The summed E-state index contributed by atoms with van der Waals surface area (Å²) in [4.78, 5) is 21.0. The monoisotopic (exact) mass is 241 g/mol.